The summed E-state index contributed by atoms with van der Waals surface area (Å²) >= 11 is 15.7. The number of pyridine rings is 1. The zero-order valence-corrected chi connectivity index (χ0v) is 21.7. The molecule has 3 heterocycles. The first-order valence-electron chi connectivity index (χ1n) is 10.8. The van der Waals surface area contributed by atoms with Gasteiger partial charge in [0.05, 0.1) is 23.5 Å². The number of thiocarbonyl (C=S) groups is 1. The quantitative estimate of drug-likeness (QED) is 0.273. The van der Waals surface area contributed by atoms with Gasteiger partial charge in [0, 0.05) is 32.8 Å². The lowest BCUT2D eigenvalue weighted by molar-refractivity contribution is 0.472. The molecule has 2 atom stereocenters. The third-order valence-electron chi connectivity index (χ3n) is 6.15. The van der Waals surface area contributed by atoms with Crippen LogP contribution in [0.1, 0.15) is 34.7 Å². The first kappa shape index (κ1) is 22.9. The first-order chi connectivity index (χ1) is 16.3. The fraction of sp³-hybridized carbons (Fsp3) is 0.154. The number of hydrogen-bond donors (Lipinski definition) is 2. The number of aromatic hydroxyl groups is 1. The Labute approximate surface area is 217 Å². The maximum absolute atomic E-state index is 10.8. The highest BCUT2D eigenvalue weighted by atomic mass is 79.9. The first-order valence-corrected chi connectivity index (χ1v) is 12.4. The normalized spacial score (nSPS) is 17.8. The van der Waals surface area contributed by atoms with Gasteiger partial charge in [0.2, 0.25) is 0 Å². The minimum absolute atomic E-state index is 0.112. The Kier molecular flexibility index (Phi) is 6.10. The van der Waals surface area contributed by atoms with Crippen molar-refractivity contribution in [1.29, 1.82) is 0 Å². The Morgan fingerprint density at radius 3 is 2.62 bits per heavy atom. The van der Waals surface area contributed by atoms with Crippen molar-refractivity contribution < 1.29 is 5.11 Å². The van der Waals surface area contributed by atoms with Crippen LogP contribution < -0.4 is 10.2 Å². The van der Waals surface area contributed by atoms with Gasteiger partial charge in [-0.25, -0.2) is 0 Å². The Morgan fingerprint density at radius 1 is 1.06 bits per heavy atom. The highest BCUT2D eigenvalue weighted by Crippen LogP contribution is 2.46. The largest absolute Gasteiger partial charge is 0.506 e. The van der Waals surface area contributed by atoms with E-state index < -0.39 is 0 Å². The highest BCUT2D eigenvalue weighted by Gasteiger charge is 2.43. The summed E-state index contributed by atoms with van der Waals surface area (Å²) in [5.74, 6) is 0.112. The molecule has 172 valence electrons. The van der Waals surface area contributed by atoms with E-state index in [-0.39, 0.29) is 17.8 Å². The number of rotatable bonds is 4. The van der Waals surface area contributed by atoms with Gasteiger partial charge in [-0.05, 0) is 86.2 Å². The Morgan fingerprint density at radius 2 is 1.88 bits per heavy atom. The number of anilines is 1. The molecule has 34 heavy (non-hydrogen) atoms. The van der Waals surface area contributed by atoms with E-state index in [1.165, 1.54) is 0 Å². The molecule has 2 aromatic heterocycles. The Hall–Kier alpha value is -2.87. The van der Waals surface area contributed by atoms with Crippen LogP contribution in [0.25, 0.3) is 5.69 Å². The molecule has 0 saturated carbocycles. The standard InChI is InChI=1S/C26H22BrClN4OS/c1-15-12-20(16(2)31(15)19-7-5-6-17(27)13-19)25-24(21-8-3-4-11-29-21)30-26(34)32(25)22-14-18(28)9-10-23(22)33/h3-14,24-25,33H,1-2H3,(H,30,34)/t24-,25+/m0/s1. The van der Waals surface area contributed by atoms with E-state index in [9.17, 15) is 5.11 Å². The molecule has 1 aliphatic heterocycles. The number of nitrogens with one attached hydrogen (secondary N) is 1. The van der Waals surface area contributed by atoms with E-state index in [1.54, 1.807) is 24.4 Å². The number of halogens is 2. The summed E-state index contributed by atoms with van der Waals surface area (Å²) in [5, 5.41) is 15.2. The van der Waals surface area contributed by atoms with Crippen molar-refractivity contribution in [3.05, 3.63) is 105 Å². The summed E-state index contributed by atoms with van der Waals surface area (Å²) in [6.07, 6.45) is 1.78. The number of phenols is 1. The molecule has 0 aliphatic carbocycles. The van der Waals surface area contributed by atoms with Gasteiger partial charge in [-0.1, -0.05) is 39.7 Å². The molecule has 0 spiro atoms. The molecule has 5 nitrogen and oxygen atoms in total. The van der Waals surface area contributed by atoms with Gasteiger partial charge < -0.3 is 19.9 Å². The summed E-state index contributed by atoms with van der Waals surface area (Å²) in [7, 11) is 0. The number of aryl methyl sites for hydroxylation is 1. The lowest BCUT2D eigenvalue weighted by atomic mass is 9.96. The molecule has 0 bridgehead atoms. The fourth-order valence-corrected chi connectivity index (χ4v) is 5.61. The van der Waals surface area contributed by atoms with Crippen LogP contribution in [0.4, 0.5) is 5.69 Å². The van der Waals surface area contributed by atoms with Crippen molar-refractivity contribution in [2.24, 2.45) is 0 Å². The predicted molar refractivity (Wildman–Crippen MR) is 144 cm³/mol. The van der Waals surface area contributed by atoms with Crippen LogP contribution in [0.2, 0.25) is 5.02 Å². The van der Waals surface area contributed by atoms with Crippen LogP contribution in [0.3, 0.4) is 0 Å². The van der Waals surface area contributed by atoms with Crippen LogP contribution >= 0.6 is 39.7 Å². The molecular formula is C26H22BrClN4OS. The van der Waals surface area contributed by atoms with Crippen LogP contribution in [0.15, 0.2) is 77.4 Å². The van der Waals surface area contributed by atoms with Crippen LogP contribution in [0.5, 0.6) is 5.75 Å². The number of nitrogens with zero attached hydrogens (tertiary/aromatic N) is 3. The van der Waals surface area contributed by atoms with Crippen LogP contribution in [0, 0.1) is 13.8 Å². The maximum Gasteiger partial charge on any atom is 0.174 e. The summed E-state index contributed by atoms with van der Waals surface area (Å²) in [4.78, 5) is 6.56. The molecule has 1 aliphatic rings. The molecule has 1 fully saturated rings. The Balaban J connectivity index is 1.71. The SMILES string of the molecule is Cc1cc([C@@H]2[C@H](c3ccccn3)NC(=S)N2c2cc(Cl)ccc2O)c(C)n1-c1cccc(Br)c1. The molecule has 0 amide bonds. The second-order valence-corrected chi connectivity index (χ2v) is 10.0. The average molecular weight is 554 g/mol. The topological polar surface area (TPSA) is 53.3 Å². The number of aromatic nitrogens is 2. The van der Waals surface area contributed by atoms with Crippen molar-refractivity contribution in [1.82, 2.24) is 14.9 Å². The minimum atomic E-state index is -0.251. The lowest BCUT2D eigenvalue weighted by Crippen LogP contribution is -2.29. The average Bonchev–Trinajstić information content (AvgIpc) is 3.31. The Bertz CT molecular complexity index is 1390. The molecule has 2 N–H and O–H groups in total. The zero-order valence-electron chi connectivity index (χ0n) is 18.5. The fourth-order valence-electron chi connectivity index (χ4n) is 4.72. The van der Waals surface area contributed by atoms with Gasteiger partial charge in [-0.15, -0.1) is 0 Å². The van der Waals surface area contributed by atoms with E-state index >= 15 is 0 Å². The van der Waals surface area contributed by atoms with Gasteiger partial charge in [0.25, 0.3) is 0 Å². The second-order valence-electron chi connectivity index (χ2n) is 8.27. The zero-order chi connectivity index (χ0) is 24.0. The molecule has 2 aromatic carbocycles. The van der Waals surface area contributed by atoms with E-state index in [1.807, 2.05) is 35.2 Å². The summed E-state index contributed by atoms with van der Waals surface area (Å²) < 4.78 is 3.24. The second kappa shape index (κ2) is 9.06. The van der Waals surface area contributed by atoms with E-state index in [0.29, 0.717) is 15.8 Å². The lowest BCUT2D eigenvalue weighted by Gasteiger charge is -2.28. The molecule has 4 aromatic rings. The number of hydrogen-bond acceptors (Lipinski definition) is 3. The smallest absolute Gasteiger partial charge is 0.174 e. The van der Waals surface area contributed by atoms with Gasteiger partial charge in [-0.3, -0.25) is 4.98 Å². The van der Waals surface area contributed by atoms with Gasteiger partial charge in [0.15, 0.2) is 5.11 Å². The van der Waals surface area contributed by atoms with Gasteiger partial charge >= 0.3 is 0 Å². The van der Waals surface area contributed by atoms with Gasteiger partial charge in [-0.2, -0.15) is 0 Å². The van der Waals surface area contributed by atoms with Crippen molar-refractivity contribution in [3.63, 3.8) is 0 Å². The van der Waals surface area contributed by atoms with Crippen LogP contribution in [-0.2, 0) is 0 Å². The third kappa shape index (κ3) is 3.98. The molecule has 8 heteroatoms. The van der Waals surface area contributed by atoms with Gasteiger partial charge in [0.1, 0.15) is 5.75 Å². The third-order valence-corrected chi connectivity index (χ3v) is 7.19. The van der Waals surface area contributed by atoms with E-state index in [2.05, 4.69) is 62.8 Å². The van der Waals surface area contributed by atoms with Crippen molar-refractivity contribution in [2.75, 3.05) is 4.90 Å². The predicted octanol–water partition coefficient (Wildman–Crippen LogP) is 6.79. The summed E-state index contributed by atoms with van der Waals surface area (Å²) in [5.41, 5.74) is 5.75. The van der Waals surface area contributed by atoms with Crippen molar-refractivity contribution in [3.8, 4) is 11.4 Å². The maximum atomic E-state index is 10.8. The molecular weight excluding hydrogens is 532 g/mol. The minimum Gasteiger partial charge on any atom is -0.506 e. The summed E-state index contributed by atoms with van der Waals surface area (Å²) in [6.45, 7) is 4.20. The number of phenolic OH excluding ortho intramolecular Hbond substituents is 1. The van der Waals surface area contributed by atoms with Crippen LogP contribution in [-0.4, -0.2) is 19.8 Å². The molecule has 5 rings (SSSR count). The number of benzene rings is 2. The highest BCUT2D eigenvalue weighted by molar-refractivity contribution is 9.10. The molecule has 0 radical (unpaired) electrons. The van der Waals surface area contributed by atoms with E-state index in [0.717, 1.165) is 32.8 Å². The molecule has 0 unspecified atom stereocenters. The van der Waals surface area contributed by atoms with E-state index in [4.69, 9.17) is 23.8 Å². The summed E-state index contributed by atoms with van der Waals surface area (Å²) in [6, 6.07) is 20.8. The monoisotopic (exact) mass is 552 g/mol. The van der Waals surface area contributed by atoms with Crippen molar-refractivity contribution >= 4 is 50.5 Å². The molecule has 1 saturated heterocycles. The van der Waals surface area contributed by atoms with Crippen molar-refractivity contribution in [2.45, 2.75) is 25.9 Å².